The van der Waals surface area contributed by atoms with Crippen molar-refractivity contribution in [2.24, 2.45) is 0 Å². The molecule has 0 aliphatic carbocycles. The van der Waals surface area contributed by atoms with Crippen LogP contribution in [0.2, 0.25) is 0 Å². The Labute approximate surface area is 157 Å². The highest BCUT2D eigenvalue weighted by molar-refractivity contribution is 7.89. The standard InChI is InChI=1S/C19H20F2N2O3S/c20-14-4-8-16(9-5-14)22-19(24)13-17-3-1-2-12-23(17)27(25,26)18-10-6-15(21)7-11-18/h4-11,17H,1-3,12-13H2,(H,22,24)/t17-/m0/s1. The molecule has 5 nitrogen and oxygen atoms in total. The van der Waals surface area contributed by atoms with Gasteiger partial charge in [-0.25, -0.2) is 17.2 Å². The number of piperidine rings is 1. The van der Waals surface area contributed by atoms with E-state index in [0.717, 1.165) is 18.6 Å². The Morgan fingerprint density at radius 1 is 1.00 bits per heavy atom. The Hall–Kier alpha value is -2.32. The fourth-order valence-electron chi connectivity index (χ4n) is 3.20. The average Bonchev–Trinajstić information content (AvgIpc) is 2.64. The maximum absolute atomic E-state index is 13.1. The number of hydrogen-bond donors (Lipinski definition) is 1. The van der Waals surface area contributed by atoms with E-state index in [1.165, 1.54) is 40.7 Å². The first-order chi connectivity index (χ1) is 12.9. The normalized spacial score (nSPS) is 18.2. The molecule has 0 saturated carbocycles. The van der Waals surface area contributed by atoms with Gasteiger partial charge in [0.2, 0.25) is 15.9 Å². The van der Waals surface area contributed by atoms with Crippen molar-refractivity contribution >= 4 is 21.6 Å². The molecule has 1 saturated heterocycles. The molecule has 2 aromatic rings. The number of hydrogen-bond acceptors (Lipinski definition) is 3. The molecule has 144 valence electrons. The summed E-state index contributed by atoms with van der Waals surface area (Å²) in [6.07, 6.45) is 2.09. The first-order valence-corrected chi connectivity index (χ1v) is 10.1. The van der Waals surface area contributed by atoms with Crippen LogP contribution in [0, 0.1) is 11.6 Å². The molecule has 1 atom stereocenters. The van der Waals surface area contributed by atoms with Crippen molar-refractivity contribution in [3.05, 3.63) is 60.2 Å². The SMILES string of the molecule is O=C(C[C@@H]1CCCCN1S(=O)(=O)c1ccc(F)cc1)Nc1ccc(F)cc1. The van der Waals surface area contributed by atoms with E-state index >= 15 is 0 Å². The zero-order valence-electron chi connectivity index (χ0n) is 14.6. The summed E-state index contributed by atoms with van der Waals surface area (Å²) in [6.45, 7) is 0.314. The minimum absolute atomic E-state index is 0.00218. The highest BCUT2D eigenvalue weighted by atomic mass is 32.2. The number of carbonyl (C=O) groups excluding carboxylic acids is 1. The van der Waals surface area contributed by atoms with Gasteiger partial charge in [0.15, 0.2) is 0 Å². The lowest BCUT2D eigenvalue weighted by atomic mass is 10.0. The monoisotopic (exact) mass is 394 g/mol. The number of carbonyl (C=O) groups is 1. The summed E-state index contributed by atoms with van der Waals surface area (Å²) in [5.74, 6) is -1.26. The predicted octanol–water partition coefficient (Wildman–Crippen LogP) is 3.54. The smallest absolute Gasteiger partial charge is 0.243 e. The van der Waals surface area contributed by atoms with Crippen molar-refractivity contribution in [1.82, 2.24) is 4.31 Å². The molecule has 1 N–H and O–H groups in total. The van der Waals surface area contributed by atoms with E-state index in [4.69, 9.17) is 0 Å². The summed E-state index contributed by atoms with van der Waals surface area (Å²) in [5, 5.41) is 2.66. The van der Waals surface area contributed by atoms with Gasteiger partial charge in [-0.1, -0.05) is 6.42 Å². The van der Waals surface area contributed by atoms with Gasteiger partial charge in [-0.05, 0) is 61.4 Å². The van der Waals surface area contributed by atoms with E-state index in [-0.39, 0.29) is 17.2 Å². The Morgan fingerprint density at radius 3 is 2.22 bits per heavy atom. The summed E-state index contributed by atoms with van der Waals surface area (Å²) in [6, 6.07) is 9.56. The van der Waals surface area contributed by atoms with Crippen LogP contribution >= 0.6 is 0 Å². The van der Waals surface area contributed by atoms with Crippen LogP contribution in [0.4, 0.5) is 14.5 Å². The topological polar surface area (TPSA) is 66.5 Å². The molecule has 0 aromatic heterocycles. The van der Waals surface area contributed by atoms with Gasteiger partial charge < -0.3 is 5.32 Å². The van der Waals surface area contributed by atoms with Gasteiger partial charge in [0.25, 0.3) is 0 Å². The van der Waals surface area contributed by atoms with Crippen LogP contribution in [-0.4, -0.2) is 31.2 Å². The number of amides is 1. The number of sulfonamides is 1. The first kappa shape index (κ1) is 19.4. The number of halogens is 2. The Morgan fingerprint density at radius 2 is 1.59 bits per heavy atom. The molecule has 1 aliphatic heterocycles. The van der Waals surface area contributed by atoms with E-state index in [0.29, 0.717) is 25.1 Å². The maximum Gasteiger partial charge on any atom is 0.243 e. The molecule has 0 bridgehead atoms. The van der Waals surface area contributed by atoms with E-state index in [1.54, 1.807) is 0 Å². The Bertz CT molecular complexity index is 900. The Kier molecular flexibility index (Phi) is 5.86. The minimum atomic E-state index is -3.81. The summed E-state index contributed by atoms with van der Waals surface area (Å²) in [4.78, 5) is 12.4. The lowest BCUT2D eigenvalue weighted by Gasteiger charge is -2.34. The van der Waals surface area contributed by atoms with Crippen LogP contribution in [0.5, 0.6) is 0 Å². The molecule has 27 heavy (non-hydrogen) atoms. The van der Waals surface area contributed by atoms with Crippen LogP contribution < -0.4 is 5.32 Å². The largest absolute Gasteiger partial charge is 0.326 e. The third-order valence-corrected chi connectivity index (χ3v) is 6.51. The van der Waals surface area contributed by atoms with Gasteiger partial charge in [-0.2, -0.15) is 4.31 Å². The first-order valence-electron chi connectivity index (χ1n) is 8.69. The Balaban J connectivity index is 1.73. The lowest BCUT2D eigenvalue weighted by molar-refractivity contribution is -0.117. The van der Waals surface area contributed by atoms with E-state index in [9.17, 15) is 22.0 Å². The molecule has 1 amide bonds. The van der Waals surface area contributed by atoms with E-state index < -0.39 is 27.7 Å². The number of nitrogens with zero attached hydrogens (tertiary/aromatic N) is 1. The predicted molar refractivity (Wildman–Crippen MR) is 97.6 cm³/mol. The zero-order valence-corrected chi connectivity index (χ0v) is 15.4. The summed E-state index contributed by atoms with van der Waals surface area (Å²) < 4.78 is 53.2. The number of benzene rings is 2. The van der Waals surface area contributed by atoms with Crippen molar-refractivity contribution < 1.29 is 22.0 Å². The molecule has 0 unspecified atom stereocenters. The van der Waals surface area contributed by atoms with Gasteiger partial charge in [0, 0.05) is 24.7 Å². The van der Waals surface area contributed by atoms with Crippen molar-refractivity contribution in [2.75, 3.05) is 11.9 Å². The van der Waals surface area contributed by atoms with Crippen molar-refractivity contribution in [3.63, 3.8) is 0 Å². The number of nitrogens with one attached hydrogen (secondary N) is 1. The quantitative estimate of drug-likeness (QED) is 0.844. The molecule has 0 spiro atoms. The molecule has 3 rings (SSSR count). The highest BCUT2D eigenvalue weighted by Crippen LogP contribution is 2.27. The molecule has 8 heteroatoms. The fourth-order valence-corrected chi connectivity index (χ4v) is 4.89. The fraction of sp³-hybridized carbons (Fsp3) is 0.316. The van der Waals surface area contributed by atoms with Crippen LogP contribution in [0.3, 0.4) is 0 Å². The number of anilines is 1. The second-order valence-electron chi connectivity index (χ2n) is 6.48. The van der Waals surface area contributed by atoms with Crippen molar-refractivity contribution in [2.45, 2.75) is 36.6 Å². The summed E-state index contributed by atoms with van der Waals surface area (Å²) >= 11 is 0. The van der Waals surface area contributed by atoms with Gasteiger partial charge in [0.05, 0.1) is 4.90 Å². The summed E-state index contributed by atoms with van der Waals surface area (Å²) in [5.41, 5.74) is 0.449. The molecular weight excluding hydrogens is 374 g/mol. The molecular formula is C19H20F2N2O3S. The zero-order chi connectivity index (χ0) is 19.4. The lowest BCUT2D eigenvalue weighted by Crippen LogP contribution is -2.45. The highest BCUT2D eigenvalue weighted by Gasteiger charge is 2.34. The van der Waals surface area contributed by atoms with Crippen LogP contribution in [0.15, 0.2) is 53.4 Å². The van der Waals surface area contributed by atoms with Crippen LogP contribution in [-0.2, 0) is 14.8 Å². The van der Waals surface area contributed by atoms with Gasteiger partial charge in [0.1, 0.15) is 11.6 Å². The number of rotatable bonds is 5. The molecule has 2 aromatic carbocycles. The van der Waals surface area contributed by atoms with Crippen molar-refractivity contribution in [1.29, 1.82) is 0 Å². The third-order valence-electron chi connectivity index (χ3n) is 4.54. The van der Waals surface area contributed by atoms with E-state index in [2.05, 4.69) is 5.32 Å². The molecule has 1 fully saturated rings. The van der Waals surface area contributed by atoms with Gasteiger partial charge in [-0.3, -0.25) is 4.79 Å². The molecule has 0 radical (unpaired) electrons. The van der Waals surface area contributed by atoms with E-state index in [1.807, 2.05) is 0 Å². The van der Waals surface area contributed by atoms with Gasteiger partial charge >= 0.3 is 0 Å². The second-order valence-corrected chi connectivity index (χ2v) is 8.37. The third kappa shape index (κ3) is 4.70. The average molecular weight is 394 g/mol. The summed E-state index contributed by atoms with van der Waals surface area (Å²) in [7, 11) is -3.81. The van der Waals surface area contributed by atoms with Crippen molar-refractivity contribution in [3.8, 4) is 0 Å². The maximum atomic E-state index is 13.1. The van der Waals surface area contributed by atoms with Crippen LogP contribution in [0.25, 0.3) is 0 Å². The second kappa shape index (κ2) is 8.14. The molecule has 1 heterocycles. The van der Waals surface area contributed by atoms with Gasteiger partial charge in [-0.15, -0.1) is 0 Å². The molecule has 1 aliphatic rings. The van der Waals surface area contributed by atoms with Crippen LogP contribution in [0.1, 0.15) is 25.7 Å². The minimum Gasteiger partial charge on any atom is -0.326 e.